The van der Waals surface area contributed by atoms with Crippen molar-refractivity contribution in [1.82, 2.24) is 19.7 Å². The Bertz CT molecular complexity index is 841. The van der Waals surface area contributed by atoms with E-state index in [1.165, 1.54) is 0 Å². The van der Waals surface area contributed by atoms with Gasteiger partial charge in [0.05, 0.1) is 12.6 Å². The molecule has 1 N–H and O–H groups in total. The maximum atomic E-state index is 11.9. The van der Waals surface area contributed by atoms with Gasteiger partial charge in [0.15, 0.2) is 5.82 Å². The number of aromatic nitrogens is 3. The molecule has 0 saturated carbocycles. The first-order valence-electron chi connectivity index (χ1n) is 10.3. The molecule has 158 valence electrons. The highest BCUT2D eigenvalue weighted by molar-refractivity contribution is 5.77. The predicted octanol–water partition coefficient (Wildman–Crippen LogP) is 2.72. The molecule has 1 amide bonds. The van der Waals surface area contributed by atoms with Gasteiger partial charge in [-0.3, -0.25) is 4.79 Å². The van der Waals surface area contributed by atoms with Crippen LogP contribution in [0.15, 0.2) is 24.3 Å². The Morgan fingerprint density at radius 1 is 1.24 bits per heavy atom. The first-order chi connectivity index (χ1) is 13.8. The van der Waals surface area contributed by atoms with Crippen LogP contribution in [0.4, 0.5) is 0 Å². The van der Waals surface area contributed by atoms with Gasteiger partial charge in [0.25, 0.3) is 0 Å². The highest BCUT2D eigenvalue weighted by atomic mass is 16.5. The summed E-state index contributed by atoms with van der Waals surface area (Å²) in [6, 6.07) is 7.95. The number of carbonyl (C=O) groups excluding carboxylic acids is 1. The molecule has 1 aliphatic heterocycles. The van der Waals surface area contributed by atoms with Gasteiger partial charge in [0, 0.05) is 31.0 Å². The van der Waals surface area contributed by atoms with Gasteiger partial charge in [-0.05, 0) is 46.1 Å². The maximum Gasteiger partial charge on any atom is 0.248 e. The molecule has 0 bridgehead atoms. The molecule has 7 heteroatoms. The van der Waals surface area contributed by atoms with Crippen molar-refractivity contribution in [1.29, 1.82) is 0 Å². The minimum absolute atomic E-state index is 0.186. The molecule has 0 radical (unpaired) electrons. The summed E-state index contributed by atoms with van der Waals surface area (Å²) in [5, 5.41) is 14.0. The number of likely N-dealkylation sites (tertiary alicyclic amines) is 1. The molecule has 1 saturated heterocycles. The number of benzene rings is 1. The third-order valence-electron chi connectivity index (χ3n) is 5.43. The molecule has 3 rings (SSSR count). The molecular weight excluding hydrogens is 368 g/mol. The van der Waals surface area contributed by atoms with E-state index < -0.39 is 6.61 Å². The summed E-state index contributed by atoms with van der Waals surface area (Å²) in [7, 11) is 1.68. The van der Waals surface area contributed by atoms with Crippen molar-refractivity contribution in [3.8, 4) is 5.75 Å². The van der Waals surface area contributed by atoms with E-state index in [0.29, 0.717) is 19.5 Å². The number of carbonyl (C=O) groups is 1. The summed E-state index contributed by atoms with van der Waals surface area (Å²) in [5.74, 6) is 2.66. The zero-order valence-electron chi connectivity index (χ0n) is 17.9. The largest absolute Gasteiger partial charge is 0.496 e. The van der Waals surface area contributed by atoms with Crippen LogP contribution in [0, 0.1) is 0 Å². The Labute approximate surface area is 172 Å². The standard InChI is InChI=1S/C22H32N4O3/c1-22(2,3)26-21(16-9-7-12-25(13-11-16)20(28)15-27)23-19(24-26)14-17-8-5-6-10-18(17)29-4/h5-6,8,10,16,27H,7,9,11-15H2,1-4H3. The van der Waals surface area contributed by atoms with Gasteiger partial charge in [-0.1, -0.05) is 18.2 Å². The lowest BCUT2D eigenvalue weighted by molar-refractivity contribution is -0.134. The lowest BCUT2D eigenvalue weighted by atomic mass is 9.98. The third kappa shape index (κ3) is 4.96. The van der Waals surface area contributed by atoms with E-state index in [1.807, 2.05) is 28.9 Å². The van der Waals surface area contributed by atoms with Crippen molar-refractivity contribution in [2.75, 3.05) is 26.8 Å². The first-order valence-corrected chi connectivity index (χ1v) is 10.3. The smallest absolute Gasteiger partial charge is 0.248 e. The fourth-order valence-corrected chi connectivity index (χ4v) is 3.92. The molecular formula is C22H32N4O3. The summed E-state index contributed by atoms with van der Waals surface area (Å²) < 4.78 is 7.53. The first kappa shape index (κ1) is 21.3. The number of hydrogen-bond acceptors (Lipinski definition) is 5. The van der Waals surface area contributed by atoms with Crippen LogP contribution >= 0.6 is 0 Å². The van der Waals surface area contributed by atoms with Crippen LogP contribution < -0.4 is 4.74 Å². The number of methoxy groups -OCH3 is 1. The van der Waals surface area contributed by atoms with Gasteiger partial charge in [0.2, 0.25) is 5.91 Å². The number of nitrogens with zero attached hydrogens (tertiary/aromatic N) is 4. The summed E-state index contributed by atoms with van der Waals surface area (Å²) in [6.07, 6.45) is 3.30. The van der Waals surface area contributed by atoms with Crippen molar-refractivity contribution < 1.29 is 14.6 Å². The second-order valence-corrected chi connectivity index (χ2v) is 8.62. The van der Waals surface area contributed by atoms with Gasteiger partial charge < -0.3 is 14.7 Å². The van der Waals surface area contributed by atoms with Crippen molar-refractivity contribution in [2.45, 2.75) is 57.9 Å². The van der Waals surface area contributed by atoms with E-state index in [1.54, 1.807) is 12.0 Å². The number of amides is 1. The fraction of sp³-hybridized carbons (Fsp3) is 0.591. The van der Waals surface area contributed by atoms with Crippen molar-refractivity contribution in [3.63, 3.8) is 0 Å². The van der Waals surface area contributed by atoms with Crippen LogP contribution in [0.3, 0.4) is 0 Å². The lowest BCUT2D eigenvalue weighted by Gasteiger charge is -2.24. The zero-order valence-corrected chi connectivity index (χ0v) is 17.9. The van der Waals surface area contributed by atoms with Gasteiger partial charge in [-0.15, -0.1) is 0 Å². The van der Waals surface area contributed by atoms with Crippen LogP contribution in [-0.2, 0) is 16.8 Å². The average molecular weight is 401 g/mol. The second-order valence-electron chi connectivity index (χ2n) is 8.62. The fourth-order valence-electron chi connectivity index (χ4n) is 3.92. The molecule has 0 aliphatic carbocycles. The van der Waals surface area contributed by atoms with Crippen LogP contribution in [0.5, 0.6) is 5.75 Å². The molecule has 2 heterocycles. The van der Waals surface area contributed by atoms with Crippen LogP contribution in [-0.4, -0.2) is 57.5 Å². The number of hydrogen-bond donors (Lipinski definition) is 1. The Morgan fingerprint density at radius 3 is 2.69 bits per heavy atom. The summed E-state index contributed by atoms with van der Waals surface area (Å²) in [4.78, 5) is 18.6. The summed E-state index contributed by atoms with van der Waals surface area (Å²) in [6.45, 7) is 7.31. The molecule has 1 fully saturated rings. The van der Waals surface area contributed by atoms with Crippen molar-refractivity contribution in [3.05, 3.63) is 41.5 Å². The Kier molecular flexibility index (Phi) is 6.57. The average Bonchev–Trinajstić information content (AvgIpc) is 2.97. The summed E-state index contributed by atoms with van der Waals surface area (Å²) >= 11 is 0. The third-order valence-corrected chi connectivity index (χ3v) is 5.43. The van der Waals surface area contributed by atoms with Crippen molar-refractivity contribution in [2.24, 2.45) is 0 Å². The normalized spacial score (nSPS) is 17.8. The van der Waals surface area contributed by atoms with Gasteiger partial charge in [-0.25, -0.2) is 9.67 Å². The molecule has 1 atom stereocenters. The maximum absolute atomic E-state index is 11.9. The lowest BCUT2D eigenvalue weighted by Crippen LogP contribution is -2.34. The molecule has 1 aromatic heterocycles. The molecule has 2 aromatic rings. The topological polar surface area (TPSA) is 80.5 Å². The molecule has 7 nitrogen and oxygen atoms in total. The molecule has 1 unspecified atom stereocenters. The van der Waals surface area contributed by atoms with Crippen molar-refractivity contribution >= 4 is 5.91 Å². The Balaban J connectivity index is 1.87. The second kappa shape index (κ2) is 8.95. The van der Waals surface area contributed by atoms with E-state index in [0.717, 1.165) is 42.2 Å². The van der Waals surface area contributed by atoms with E-state index in [-0.39, 0.29) is 17.4 Å². The Morgan fingerprint density at radius 2 is 2.00 bits per heavy atom. The van der Waals surface area contributed by atoms with Crippen LogP contribution in [0.1, 0.15) is 63.2 Å². The van der Waals surface area contributed by atoms with Crippen LogP contribution in [0.2, 0.25) is 0 Å². The summed E-state index contributed by atoms with van der Waals surface area (Å²) in [5.41, 5.74) is 0.877. The van der Waals surface area contributed by atoms with Gasteiger partial charge >= 0.3 is 0 Å². The molecule has 0 spiro atoms. The number of aliphatic hydroxyl groups excluding tert-OH is 1. The minimum atomic E-state index is -0.425. The molecule has 29 heavy (non-hydrogen) atoms. The van der Waals surface area contributed by atoms with E-state index >= 15 is 0 Å². The minimum Gasteiger partial charge on any atom is -0.496 e. The van der Waals surface area contributed by atoms with Crippen LogP contribution in [0.25, 0.3) is 0 Å². The number of rotatable bonds is 5. The quantitative estimate of drug-likeness (QED) is 0.835. The monoisotopic (exact) mass is 400 g/mol. The van der Waals surface area contributed by atoms with E-state index in [4.69, 9.17) is 14.8 Å². The SMILES string of the molecule is COc1ccccc1Cc1nc(C2CCCN(C(=O)CO)CC2)n(C(C)(C)C)n1. The van der Waals surface area contributed by atoms with Gasteiger partial charge in [-0.2, -0.15) is 5.10 Å². The predicted molar refractivity (Wildman–Crippen MR) is 111 cm³/mol. The number of aliphatic hydroxyl groups is 1. The number of ether oxygens (including phenoxy) is 1. The number of para-hydroxylation sites is 1. The Hall–Kier alpha value is -2.41. The molecule has 1 aliphatic rings. The highest BCUT2D eigenvalue weighted by Crippen LogP contribution is 2.31. The van der Waals surface area contributed by atoms with E-state index in [2.05, 4.69) is 20.8 Å². The van der Waals surface area contributed by atoms with E-state index in [9.17, 15) is 9.90 Å². The molecule has 1 aromatic carbocycles. The van der Waals surface area contributed by atoms with Gasteiger partial charge in [0.1, 0.15) is 18.2 Å². The highest BCUT2D eigenvalue weighted by Gasteiger charge is 2.29. The zero-order chi connectivity index (χ0) is 21.0.